The van der Waals surface area contributed by atoms with Crippen molar-refractivity contribution in [2.24, 2.45) is 0 Å². The van der Waals surface area contributed by atoms with Crippen LogP contribution in [0.2, 0.25) is 10.0 Å². The Morgan fingerprint density at radius 1 is 1.13 bits per heavy atom. The molecule has 0 fully saturated rings. The van der Waals surface area contributed by atoms with Gasteiger partial charge in [-0.3, -0.25) is 5.32 Å². The molecule has 0 aliphatic carbocycles. The molecule has 2 N–H and O–H groups in total. The Kier molecular flexibility index (Phi) is 9.43. The number of carbonyl (C=O) groups excluding carboxylic acids is 1. The quantitative estimate of drug-likeness (QED) is 0.495. The molecule has 0 heterocycles. The Labute approximate surface area is 191 Å². The van der Waals surface area contributed by atoms with Gasteiger partial charge in [0.2, 0.25) is 0 Å². The van der Waals surface area contributed by atoms with E-state index in [1.165, 1.54) is 7.11 Å². The van der Waals surface area contributed by atoms with Gasteiger partial charge >= 0.3 is 12.1 Å². The molecule has 0 aliphatic rings. The Morgan fingerprint density at radius 3 is 2.48 bits per heavy atom. The van der Waals surface area contributed by atoms with Crippen LogP contribution in [0.15, 0.2) is 36.4 Å². The first-order valence-corrected chi connectivity index (χ1v) is 10.4. The number of aliphatic carboxylic acids is 1. The maximum Gasteiger partial charge on any atom is 0.411 e. The van der Waals surface area contributed by atoms with E-state index in [4.69, 9.17) is 37.4 Å². The summed E-state index contributed by atoms with van der Waals surface area (Å²) in [7, 11) is 1.47. The number of carbonyl (C=O) groups is 2. The number of anilines is 1. The topological polar surface area (TPSA) is 94.1 Å². The molecule has 31 heavy (non-hydrogen) atoms. The van der Waals surface area contributed by atoms with E-state index in [2.05, 4.69) is 5.32 Å². The van der Waals surface area contributed by atoms with E-state index in [0.29, 0.717) is 33.5 Å². The molecule has 1 amide bonds. The van der Waals surface area contributed by atoms with Crippen LogP contribution in [0.4, 0.5) is 10.5 Å². The van der Waals surface area contributed by atoms with Gasteiger partial charge in [0.05, 0.1) is 25.5 Å². The second kappa shape index (κ2) is 11.8. The average molecular weight is 470 g/mol. The lowest BCUT2D eigenvalue weighted by Gasteiger charge is -2.18. The van der Waals surface area contributed by atoms with Crippen molar-refractivity contribution in [3.05, 3.63) is 57.6 Å². The summed E-state index contributed by atoms with van der Waals surface area (Å²) in [6, 6.07) is 10.1. The van der Waals surface area contributed by atoms with Gasteiger partial charge < -0.3 is 19.3 Å². The normalized spacial score (nSPS) is 11.8. The van der Waals surface area contributed by atoms with Crippen molar-refractivity contribution in [3.8, 4) is 5.75 Å². The number of halogens is 2. The maximum absolute atomic E-state index is 12.2. The summed E-state index contributed by atoms with van der Waals surface area (Å²) < 4.78 is 15.9. The lowest BCUT2D eigenvalue weighted by atomic mass is 10.1. The van der Waals surface area contributed by atoms with Gasteiger partial charge in [-0.2, -0.15) is 0 Å². The summed E-state index contributed by atoms with van der Waals surface area (Å²) in [5, 5.41) is 13.0. The number of hydrogen-bond donors (Lipinski definition) is 2. The van der Waals surface area contributed by atoms with Crippen molar-refractivity contribution in [1.82, 2.24) is 0 Å². The summed E-state index contributed by atoms with van der Waals surface area (Å²) in [6.45, 7) is 3.65. The standard InChI is InChI=1S/C22H25Cl2NO6/c1-13(2)31-20(21(26)27)11-14-4-7-19(29-3)18(10-14)25-22(28)30-9-8-15-5-6-16(23)12-17(15)24/h4-7,10,12-13,20H,8-9,11H2,1-3H3,(H,25,28)(H,26,27). The maximum atomic E-state index is 12.2. The minimum atomic E-state index is -1.06. The van der Waals surface area contributed by atoms with E-state index in [0.717, 1.165) is 5.56 Å². The van der Waals surface area contributed by atoms with Gasteiger partial charge in [0.1, 0.15) is 5.75 Å². The first kappa shape index (κ1) is 24.8. The molecule has 2 rings (SSSR count). The molecule has 2 aromatic rings. The molecule has 1 atom stereocenters. The fourth-order valence-corrected chi connectivity index (χ4v) is 3.34. The lowest BCUT2D eigenvalue weighted by Crippen LogP contribution is -2.29. The second-order valence-corrected chi connectivity index (χ2v) is 7.84. The van der Waals surface area contributed by atoms with Crippen LogP contribution in [0.1, 0.15) is 25.0 Å². The van der Waals surface area contributed by atoms with Crippen molar-refractivity contribution in [3.63, 3.8) is 0 Å². The lowest BCUT2D eigenvalue weighted by molar-refractivity contribution is -0.153. The number of carboxylic acids is 1. The number of methoxy groups -OCH3 is 1. The highest BCUT2D eigenvalue weighted by Crippen LogP contribution is 2.27. The van der Waals surface area contributed by atoms with Gasteiger partial charge in [0, 0.05) is 22.9 Å². The van der Waals surface area contributed by atoms with Gasteiger partial charge in [0.15, 0.2) is 6.10 Å². The molecule has 0 bridgehead atoms. The van der Waals surface area contributed by atoms with Gasteiger partial charge in [-0.1, -0.05) is 35.3 Å². The Hall–Kier alpha value is -2.48. The summed E-state index contributed by atoms with van der Waals surface area (Å²) in [6.07, 6.45) is -1.35. The molecule has 0 radical (unpaired) electrons. The molecule has 0 saturated carbocycles. The summed E-state index contributed by atoms with van der Waals surface area (Å²) >= 11 is 12.0. The number of carboxylic acid groups (broad SMARTS) is 1. The van der Waals surface area contributed by atoms with Crippen LogP contribution < -0.4 is 10.1 Å². The minimum Gasteiger partial charge on any atom is -0.495 e. The summed E-state index contributed by atoms with van der Waals surface area (Å²) in [5.74, 6) is -0.641. The smallest absolute Gasteiger partial charge is 0.411 e. The van der Waals surface area contributed by atoms with Crippen LogP contribution in [0.3, 0.4) is 0 Å². The second-order valence-electron chi connectivity index (χ2n) is 7.00. The Bertz CT molecular complexity index is 919. The summed E-state index contributed by atoms with van der Waals surface area (Å²) in [4.78, 5) is 23.7. The number of ether oxygens (including phenoxy) is 3. The number of nitrogens with one attached hydrogen (secondary N) is 1. The van der Waals surface area contributed by atoms with Crippen LogP contribution in [0, 0.1) is 0 Å². The van der Waals surface area contributed by atoms with E-state index < -0.39 is 18.2 Å². The largest absolute Gasteiger partial charge is 0.495 e. The van der Waals surface area contributed by atoms with Crippen LogP contribution in [0.5, 0.6) is 5.75 Å². The highest BCUT2D eigenvalue weighted by atomic mass is 35.5. The molecule has 0 saturated heterocycles. The molecule has 2 aromatic carbocycles. The zero-order chi connectivity index (χ0) is 23.0. The van der Waals surface area contributed by atoms with Gasteiger partial charge in [-0.05, 0) is 49.2 Å². The molecule has 9 heteroatoms. The third-order valence-corrected chi connectivity index (χ3v) is 4.84. The van der Waals surface area contributed by atoms with E-state index in [1.807, 2.05) is 0 Å². The molecule has 0 aliphatic heterocycles. The fraction of sp³-hybridized carbons (Fsp3) is 0.364. The van der Waals surface area contributed by atoms with Gasteiger partial charge in [-0.25, -0.2) is 9.59 Å². The number of hydrogen-bond acceptors (Lipinski definition) is 5. The molecule has 1 unspecified atom stereocenters. The van der Waals surface area contributed by atoms with Crippen LogP contribution in [-0.2, 0) is 27.1 Å². The molecule has 7 nitrogen and oxygen atoms in total. The molecule has 0 aromatic heterocycles. The van der Waals surface area contributed by atoms with E-state index in [9.17, 15) is 14.7 Å². The van der Waals surface area contributed by atoms with Gasteiger partial charge in [-0.15, -0.1) is 0 Å². The molecular weight excluding hydrogens is 445 g/mol. The molecule has 168 valence electrons. The minimum absolute atomic E-state index is 0.110. The number of benzene rings is 2. The molecular formula is C22H25Cl2NO6. The predicted molar refractivity (Wildman–Crippen MR) is 119 cm³/mol. The first-order chi connectivity index (χ1) is 14.7. The molecule has 0 spiro atoms. The third-order valence-electron chi connectivity index (χ3n) is 4.25. The van der Waals surface area contributed by atoms with Crippen molar-refractivity contribution in [1.29, 1.82) is 0 Å². The highest BCUT2D eigenvalue weighted by Gasteiger charge is 2.21. The summed E-state index contributed by atoms with van der Waals surface area (Å²) in [5.41, 5.74) is 1.84. The Morgan fingerprint density at radius 2 is 1.87 bits per heavy atom. The van der Waals surface area contributed by atoms with Crippen LogP contribution >= 0.6 is 23.2 Å². The SMILES string of the molecule is COc1ccc(CC(OC(C)C)C(=O)O)cc1NC(=O)OCCc1ccc(Cl)cc1Cl. The van der Waals surface area contributed by atoms with E-state index in [1.54, 1.807) is 50.2 Å². The number of rotatable bonds is 10. The van der Waals surface area contributed by atoms with Crippen LogP contribution in [0.25, 0.3) is 0 Å². The van der Waals surface area contributed by atoms with E-state index in [-0.39, 0.29) is 19.1 Å². The zero-order valence-corrected chi connectivity index (χ0v) is 19.0. The number of amides is 1. The first-order valence-electron chi connectivity index (χ1n) is 9.62. The third kappa shape index (κ3) is 7.94. The Balaban J connectivity index is 2.01. The highest BCUT2D eigenvalue weighted by molar-refractivity contribution is 6.35. The fourth-order valence-electron chi connectivity index (χ4n) is 2.84. The van der Waals surface area contributed by atoms with Crippen molar-refractivity contribution < 1.29 is 28.9 Å². The van der Waals surface area contributed by atoms with E-state index >= 15 is 0 Å². The van der Waals surface area contributed by atoms with Crippen LogP contribution in [-0.4, -0.2) is 43.1 Å². The predicted octanol–water partition coefficient (Wildman–Crippen LogP) is 5.21. The zero-order valence-electron chi connectivity index (χ0n) is 17.5. The van der Waals surface area contributed by atoms with Crippen molar-refractivity contribution in [2.75, 3.05) is 19.0 Å². The van der Waals surface area contributed by atoms with Gasteiger partial charge in [0.25, 0.3) is 0 Å². The van der Waals surface area contributed by atoms with Crippen molar-refractivity contribution in [2.45, 2.75) is 38.9 Å². The average Bonchev–Trinajstić information content (AvgIpc) is 2.69. The van der Waals surface area contributed by atoms with Crippen molar-refractivity contribution >= 4 is 41.0 Å². The monoisotopic (exact) mass is 469 g/mol.